The number of carboxylic acid groups (broad SMARTS) is 1. The Bertz CT molecular complexity index is 300. The van der Waals surface area contributed by atoms with Crippen LogP contribution in [0.25, 0.3) is 0 Å². The first-order chi connectivity index (χ1) is 8.42. The Morgan fingerprint density at radius 1 is 1.22 bits per heavy atom. The van der Waals surface area contributed by atoms with E-state index in [9.17, 15) is 9.59 Å². The van der Waals surface area contributed by atoms with E-state index in [1.165, 1.54) is 4.90 Å². The zero-order chi connectivity index (χ0) is 14.1. The van der Waals surface area contributed by atoms with E-state index in [2.05, 4.69) is 13.2 Å². The molecule has 4 nitrogen and oxygen atoms in total. The van der Waals surface area contributed by atoms with Crippen molar-refractivity contribution in [2.45, 2.75) is 26.7 Å². The van der Waals surface area contributed by atoms with Crippen molar-refractivity contribution in [3.05, 3.63) is 25.3 Å². The Morgan fingerprint density at radius 2 is 1.72 bits per heavy atom. The van der Waals surface area contributed by atoms with Crippen LogP contribution in [0.3, 0.4) is 0 Å². The van der Waals surface area contributed by atoms with Crippen molar-refractivity contribution in [2.75, 3.05) is 13.1 Å². The Labute approximate surface area is 109 Å². The van der Waals surface area contributed by atoms with E-state index < -0.39 is 5.97 Å². The molecule has 0 bridgehead atoms. The van der Waals surface area contributed by atoms with Gasteiger partial charge in [0.1, 0.15) is 6.54 Å². The Balaban J connectivity index is 4.81. The van der Waals surface area contributed by atoms with Crippen molar-refractivity contribution >= 4 is 11.9 Å². The third kappa shape index (κ3) is 6.23. The van der Waals surface area contributed by atoms with Crippen LogP contribution in [0.2, 0.25) is 0 Å². The number of allylic oxidation sites excluding steroid dienone is 2. The van der Waals surface area contributed by atoms with Gasteiger partial charge in [0.05, 0.1) is 0 Å². The van der Waals surface area contributed by atoms with Gasteiger partial charge < -0.3 is 10.0 Å². The largest absolute Gasteiger partial charge is 0.480 e. The highest BCUT2D eigenvalue weighted by Crippen LogP contribution is 2.15. The molecule has 0 heterocycles. The first kappa shape index (κ1) is 16.4. The zero-order valence-corrected chi connectivity index (χ0v) is 11.3. The number of aliphatic carboxylic acids is 1. The van der Waals surface area contributed by atoms with Crippen molar-refractivity contribution in [2.24, 2.45) is 11.8 Å². The molecule has 0 aliphatic heterocycles. The molecule has 0 aliphatic rings. The van der Waals surface area contributed by atoms with Gasteiger partial charge in [-0.05, 0) is 18.8 Å². The molecule has 0 spiro atoms. The van der Waals surface area contributed by atoms with Gasteiger partial charge in [0, 0.05) is 12.5 Å². The number of carbonyl (C=O) groups excluding carboxylic acids is 1. The molecule has 0 saturated carbocycles. The van der Waals surface area contributed by atoms with E-state index in [4.69, 9.17) is 5.11 Å². The van der Waals surface area contributed by atoms with E-state index in [-0.39, 0.29) is 24.3 Å². The maximum absolute atomic E-state index is 12.3. The lowest BCUT2D eigenvalue weighted by Crippen LogP contribution is -2.41. The molecule has 0 unspecified atom stereocenters. The minimum Gasteiger partial charge on any atom is -0.480 e. The SMILES string of the molecule is C=CCC(CC=C)C(=O)N(CC(=O)O)CC(C)C. The minimum absolute atomic E-state index is 0.133. The molecule has 0 radical (unpaired) electrons. The van der Waals surface area contributed by atoms with E-state index in [0.717, 1.165) is 0 Å². The second-order valence-corrected chi connectivity index (χ2v) is 4.75. The summed E-state index contributed by atoms with van der Waals surface area (Å²) < 4.78 is 0. The Morgan fingerprint density at radius 3 is 2.06 bits per heavy atom. The summed E-state index contributed by atoms with van der Waals surface area (Å²) in [6.07, 6.45) is 4.44. The first-order valence-electron chi connectivity index (χ1n) is 6.14. The second-order valence-electron chi connectivity index (χ2n) is 4.75. The summed E-state index contributed by atoms with van der Waals surface area (Å²) in [5.74, 6) is -1.13. The molecule has 1 amide bonds. The highest BCUT2D eigenvalue weighted by Gasteiger charge is 2.24. The van der Waals surface area contributed by atoms with Crippen molar-refractivity contribution < 1.29 is 14.7 Å². The third-order valence-electron chi connectivity index (χ3n) is 2.47. The summed E-state index contributed by atoms with van der Waals surface area (Å²) in [7, 11) is 0. The van der Waals surface area contributed by atoms with Gasteiger partial charge in [0.25, 0.3) is 0 Å². The predicted molar refractivity (Wildman–Crippen MR) is 72.2 cm³/mol. The van der Waals surface area contributed by atoms with Crippen molar-refractivity contribution in [3.8, 4) is 0 Å². The maximum atomic E-state index is 12.3. The molecule has 18 heavy (non-hydrogen) atoms. The predicted octanol–water partition coefficient (Wildman–Crippen LogP) is 2.32. The normalized spacial score (nSPS) is 10.4. The average Bonchev–Trinajstić information content (AvgIpc) is 2.25. The van der Waals surface area contributed by atoms with Gasteiger partial charge in [0.2, 0.25) is 5.91 Å². The summed E-state index contributed by atoms with van der Waals surface area (Å²) >= 11 is 0. The Kier molecular flexibility index (Phi) is 7.76. The van der Waals surface area contributed by atoms with Crippen LogP contribution in [0.5, 0.6) is 0 Å². The van der Waals surface area contributed by atoms with Gasteiger partial charge in [0.15, 0.2) is 0 Å². The highest BCUT2D eigenvalue weighted by atomic mass is 16.4. The Hall–Kier alpha value is -1.58. The lowest BCUT2D eigenvalue weighted by atomic mass is 9.99. The van der Waals surface area contributed by atoms with Crippen LogP contribution in [0.15, 0.2) is 25.3 Å². The topological polar surface area (TPSA) is 57.6 Å². The van der Waals surface area contributed by atoms with Gasteiger partial charge in [-0.3, -0.25) is 9.59 Å². The molecular formula is C14H23NO3. The maximum Gasteiger partial charge on any atom is 0.323 e. The van der Waals surface area contributed by atoms with Gasteiger partial charge >= 0.3 is 5.97 Å². The summed E-state index contributed by atoms with van der Waals surface area (Å²) in [4.78, 5) is 24.5. The molecule has 1 N–H and O–H groups in total. The molecule has 0 aromatic rings. The van der Waals surface area contributed by atoms with Crippen LogP contribution in [0.4, 0.5) is 0 Å². The number of hydrogen-bond donors (Lipinski definition) is 1. The smallest absolute Gasteiger partial charge is 0.323 e. The average molecular weight is 253 g/mol. The molecule has 102 valence electrons. The molecule has 0 saturated heterocycles. The highest BCUT2D eigenvalue weighted by molar-refractivity contribution is 5.83. The lowest BCUT2D eigenvalue weighted by Gasteiger charge is -2.26. The van der Waals surface area contributed by atoms with Gasteiger partial charge in [-0.1, -0.05) is 26.0 Å². The summed E-state index contributed by atoms with van der Waals surface area (Å²) in [5.41, 5.74) is 0. The van der Waals surface area contributed by atoms with Crippen LogP contribution >= 0.6 is 0 Å². The van der Waals surface area contributed by atoms with Gasteiger partial charge in [-0.15, -0.1) is 13.2 Å². The number of rotatable bonds is 9. The summed E-state index contributed by atoms with van der Waals surface area (Å²) in [6.45, 7) is 11.4. The molecule has 0 aromatic carbocycles. The lowest BCUT2D eigenvalue weighted by molar-refractivity contribution is -0.146. The number of amides is 1. The summed E-state index contributed by atoms with van der Waals surface area (Å²) in [5, 5.41) is 8.85. The van der Waals surface area contributed by atoms with Gasteiger partial charge in [-0.25, -0.2) is 0 Å². The van der Waals surface area contributed by atoms with Crippen LogP contribution in [-0.4, -0.2) is 35.0 Å². The molecule has 0 fully saturated rings. The van der Waals surface area contributed by atoms with Crippen LogP contribution in [0.1, 0.15) is 26.7 Å². The minimum atomic E-state index is -0.986. The molecule has 0 atom stereocenters. The van der Waals surface area contributed by atoms with Gasteiger partial charge in [-0.2, -0.15) is 0 Å². The molecular weight excluding hydrogens is 230 g/mol. The van der Waals surface area contributed by atoms with E-state index in [1.807, 2.05) is 13.8 Å². The standard InChI is InChI=1S/C14H23NO3/c1-5-7-12(8-6-2)14(18)15(9-11(3)4)10-13(16)17/h5-6,11-12H,1-2,7-10H2,3-4H3,(H,16,17). The first-order valence-corrected chi connectivity index (χ1v) is 6.14. The summed E-state index contributed by atoms with van der Waals surface area (Å²) in [6, 6.07) is 0. The number of carbonyl (C=O) groups is 2. The van der Waals surface area contributed by atoms with Crippen LogP contribution < -0.4 is 0 Å². The van der Waals surface area contributed by atoms with Crippen LogP contribution in [0, 0.1) is 11.8 Å². The number of carboxylic acids is 1. The molecule has 0 aliphatic carbocycles. The van der Waals surface area contributed by atoms with E-state index >= 15 is 0 Å². The monoisotopic (exact) mass is 253 g/mol. The molecule has 0 rings (SSSR count). The van der Waals surface area contributed by atoms with E-state index in [1.54, 1.807) is 12.2 Å². The fourth-order valence-corrected chi connectivity index (χ4v) is 1.79. The van der Waals surface area contributed by atoms with E-state index in [0.29, 0.717) is 19.4 Å². The van der Waals surface area contributed by atoms with Crippen molar-refractivity contribution in [1.82, 2.24) is 4.90 Å². The number of hydrogen-bond acceptors (Lipinski definition) is 2. The quantitative estimate of drug-likeness (QED) is 0.642. The van der Waals surface area contributed by atoms with Crippen molar-refractivity contribution in [1.29, 1.82) is 0 Å². The molecule has 0 aromatic heterocycles. The molecule has 4 heteroatoms. The fraction of sp³-hybridized carbons (Fsp3) is 0.571. The third-order valence-corrected chi connectivity index (χ3v) is 2.47. The fourth-order valence-electron chi connectivity index (χ4n) is 1.79. The van der Waals surface area contributed by atoms with Crippen LogP contribution in [-0.2, 0) is 9.59 Å². The second kappa shape index (κ2) is 8.50. The van der Waals surface area contributed by atoms with Crippen molar-refractivity contribution in [3.63, 3.8) is 0 Å². The number of nitrogens with zero attached hydrogens (tertiary/aromatic N) is 1. The zero-order valence-electron chi connectivity index (χ0n) is 11.3.